The molecule has 0 amide bonds. The van der Waals surface area contributed by atoms with Gasteiger partial charge in [0.1, 0.15) is 0 Å². The zero-order valence-electron chi connectivity index (χ0n) is 10.7. The average Bonchev–Trinajstić information content (AvgIpc) is 2.83. The van der Waals surface area contributed by atoms with Crippen LogP contribution in [-0.4, -0.2) is 39.0 Å². The molecule has 0 aromatic heterocycles. The van der Waals surface area contributed by atoms with Gasteiger partial charge in [0.2, 0.25) is 0 Å². The minimum Gasteiger partial charge on any atom is -0.379 e. The fraction of sp³-hybridized carbons (Fsp3) is 0.538. The van der Waals surface area contributed by atoms with Crippen molar-refractivity contribution in [3.8, 4) is 0 Å². The van der Waals surface area contributed by atoms with Crippen molar-refractivity contribution in [3.63, 3.8) is 0 Å². The van der Waals surface area contributed by atoms with Gasteiger partial charge in [-0.25, -0.2) is 0 Å². The number of nitrogens with one attached hydrogen (secondary N) is 1. The van der Waals surface area contributed by atoms with E-state index in [0.29, 0.717) is 26.3 Å². The summed E-state index contributed by atoms with van der Waals surface area (Å²) in [6.07, 6.45) is 1.77. The Morgan fingerprint density at radius 1 is 1.21 bits per heavy atom. The fourth-order valence-electron chi connectivity index (χ4n) is 2.72. The molecule has 1 heterocycles. The molecule has 3 rings (SSSR count). The summed E-state index contributed by atoms with van der Waals surface area (Å²) in [5, 5.41) is 0. The Hall–Kier alpha value is -0.950. The van der Waals surface area contributed by atoms with E-state index < -0.39 is 10.2 Å². The second-order valence-electron chi connectivity index (χ2n) is 4.92. The van der Waals surface area contributed by atoms with Crippen molar-refractivity contribution >= 4 is 10.2 Å². The summed E-state index contributed by atoms with van der Waals surface area (Å²) in [5.41, 5.74) is 2.36. The number of aryl methyl sites for hydroxylation is 1. The predicted molar refractivity (Wildman–Crippen MR) is 72.0 cm³/mol. The maximum atomic E-state index is 12.3. The van der Waals surface area contributed by atoms with Crippen LogP contribution in [0.3, 0.4) is 0 Å². The van der Waals surface area contributed by atoms with E-state index in [1.54, 1.807) is 0 Å². The van der Waals surface area contributed by atoms with Crippen LogP contribution in [0.1, 0.15) is 23.6 Å². The maximum absolute atomic E-state index is 12.3. The Morgan fingerprint density at radius 2 is 1.95 bits per heavy atom. The molecule has 19 heavy (non-hydrogen) atoms. The van der Waals surface area contributed by atoms with Crippen LogP contribution in [0, 0.1) is 0 Å². The van der Waals surface area contributed by atoms with E-state index in [0.717, 1.165) is 18.4 Å². The zero-order chi connectivity index (χ0) is 13.3. The Morgan fingerprint density at radius 3 is 2.74 bits per heavy atom. The zero-order valence-corrected chi connectivity index (χ0v) is 11.5. The second kappa shape index (κ2) is 5.20. The van der Waals surface area contributed by atoms with Gasteiger partial charge in [0, 0.05) is 19.1 Å². The molecule has 0 unspecified atom stereocenters. The molecule has 5 nitrogen and oxygen atoms in total. The third-order valence-corrected chi connectivity index (χ3v) is 5.36. The van der Waals surface area contributed by atoms with Crippen molar-refractivity contribution in [1.29, 1.82) is 0 Å². The third-order valence-electron chi connectivity index (χ3n) is 3.73. The number of benzene rings is 1. The molecule has 1 aliphatic heterocycles. The van der Waals surface area contributed by atoms with Crippen LogP contribution < -0.4 is 4.72 Å². The molecule has 0 saturated carbocycles. The lowest BCUT2D eigenvalue weighted by atomic mass is 10.1. The number of nitrogens with zero attached hydrogens (tertiary/aromatic N) is 1. The van der Waals surface area contributed by atoms with Crippen molar-refractivity contribution in [2.45, 2.75) is 18.9 Å². The van der Waals surface area contributed by atoms with Crippen LogP contribution in [0.5, 0.6) is 0 Å². The Balaban J connectivity index is 1.75. The van der Waals surface area contributed by atoms with Crippen LogP contribution in [0.2, 0.25) is 0 Å². The molecule has 2 aliphatic rings. The largest absolute Gasteiger partial charge is 0.379 e. The van der Waals surface area contributed by atoms with Crippen molar-refractivity contribution in [2.24, 2.45) is 0 Å². The number of ether oxygens (including phenoxy) is 1. The highest BCUT2D eigenvalue weighted by Crippen LogP contribution is 2.31. The quantitative estimate of drug-likeness (QED) is 0.894. The minimum atomic E-state index is -3.41. The molecule has 0 radical (unpaired) electrons. The van der Waals surface area contributed by atoms with E-state index in [2.05, 4.69) is 10.8 Å². The van der Waals surface area contributed by atoms with Gasteiger partial charge in [-0.1, -0.05) is 24.3 Å². The summed E-state index contributed by atoms with van der Waals surface area (Å²) in [6, 6.07) is 7.94. The van der Waals surface area contributed by atoms with Gasteiger partial charge in [-0.05, 0) is 24.0 Å². The molecule has 1 fully saturated rings. The van der Waals surface area contributed by atoms with Gasteiger partial charge in [-0.15, -0.1) is 0 Å². The summed E-state index contributed by atoms with van der Waals surface area (Å²) in [5.74, 6) is 0. The Kier molecular flexibility index (Phi) is 3.58. The average molecular weight is 282 g/mol. The van der Waals surface area contributed by atoms with Gasteiger partial charge < -0.3 is 4.74 Å². The van der Waals surface area contributed by atoms with Gasteiger partial charge in [0.15, 0.2) is 0 Å². The first-order valence-corrected chi connectivity index (χ1v) is 8.04. The van der Waals surface area contributed by atoms with Gasteiger partial charge in [0.05, 0.1) is 13.2 Å². The molecule has 0 spiro atoms. The predicted octanol–water partition coefficient (Wildman–Crippen LogP) is 0.841. The summed E-state index contributed by atoms with van der Waals surface area (Å²) in [7, 11) is -3.41. The highest BCUT2D eigenvalue weighted by Gasteiger charge is 2.30. The molecule has 0 bridgehead atoms. The number of fused-ring (bicyclic) bond motifs is 1. The lowest BCUT2D eigenvalue weighted by Gasteiger charge is -2.27. The molecule has 1 aromatic rings. The first-order chi connectivity index (χ1) is 9.17. The molecule has 1 saturated heterocycles. The van der Waals surface area contributed by atoms with Crippen LogP contribution in [0.4, 0.5) is 0 Å². The first-order valence-electron chi connectivity index (χ1n) is 6.60. The van der Waals surface area contributed by atoms with Crippen molar-refractivity contribution in [3.05, 3.63) is 35.4 Å². The summed E-state index contributed by atoms with van der Waals surface area (Å²) in [4.78, 5) is 0. The lowest BCUT2D eigenvalue weighted by Crippen LogP contribution is -2.47. The van der Waals surface area contributed by atoms with Gasteiger partial charge in [-0.2, -0.15) is 17.4 Å². The van der Waals surface area contributed by atoms with Gasteiger partial charge in [0.25, 0.3) is 10.2 Å². The van der Waals surface area contributed by atoms with Crippen molar-refractivity contribution in [2.75, 3.05) is 26.3 Å². The monoisotopic (exact) mass is 282 g/mol. The molecular weight excluding hydrogens is 264 g/mol. The highest BCUT2D eigenvalue weighted by molar-refractivity contribution is 7.87. The third kappa shape index (κ3) is 2.67. The molecule has 1 aromatic carbocycles. The topological polar surface area (TPSA) is 58.6 Å². The normalized spacial score (nSPS) is 24.3. The summed E-state index contributed by atoms with van der Waals surface area (Å²) in [6.45, 7) is 1.82. The number of hydrogen-bond donors (Lipinski definition) is 1. The van der Waals surface area contributed by atoms with Crippen LogP contribution in [0.15, 0.2) is 24.3 Å². The van der Waals surface area contributed by atoms with Crippen LogP contribution >= 0.6 is 0 Å². The number of morpholine rings is 1. The molecule has 6 heteroatoms. The van der Waals surface area contributed by atoms with E-state index in [1.807, 2.05) is 18.2 Å². The number of rotatable bonds is 3. The van der Waals surface area contributed by atoms with E-state index in [9.17, 15) is 8.42 Å². The molecule has 1 aliphatic carbocycles. The van der Waals surface area contributed by atoms with Crippen LogP contribution in [0.25, 0.3) is 0 Å². The van der Waals surface area contributed by atoms with Crippen LogP contribution in [-0.2, 0) is 21.4 Å². The summed E-state index contributed by atoms with van der Waals surface area (Å²) >= 11 is 0. The fourth-order valence-corrected chi connectivity index (χ4v) is 4.10. The molecule has 1 atom stereocenters. The number of hydrogen-bond acceptors (Lipinski definition) is 3. The lowest BCUT2D eigenvalue weighted by molar-refractivity contribution is 0.0723. The Labute approximate surface area is 113 Å². The molecule has 1 N–H and O–H groups in total. The maximum Gasteiger partial charge on any atom is 0.280 e. The van der Waals surface area contributed by atoms with Gasteiger partial charge in [-0.3, -0.25) is 0 Å². The molecule has 104 valence electrons. The van der Waals surface area contributed by atoms with E-state index in [-0.39, 0.29) is 6.04 Å². The van der Waals surface area contributed by atoms with Crippen molar-refractivity contribution in [1.82, 2.24) is 9.03 Å². The standard InChI is InChI=1S/C13H18N2O3S/c16-19(17,15-7-9-18-10-8-15)14-13-6-5-11-3-1-2-4-12(11)13/h1-4,13-14H,5-10H2/t13-/m0/s1. The first kappa shape index (κ1) is 13.1. The van der Waals surface area contributed by atoms with Gasteiger partial charge >= 0.3 is 0 Å². The Bertz CT molecular complexity index is 553. The van der Waals surface area contributed by atoms with E-state index in [4.69, 9.17) is 4.74 Å². The second-order valence-corrected chi connectivity index (χ2v) is 6.63. The van der Waals surface area contributed by atoms with E-state index >= 15 is 0 Å². The smallest absolute Gasteiger partial charge is 0.280 e. The van der Waals surface area contributed by atoms with Crippen molar-refractivity contribution < 1.29 is 13.2 Å². The molecular formula is C13H18N2O3S. The minimum absolute atomic E-state index is 0.0935. The summed E-state index contributed by atoms with van der Waals surface area (Å²) < 4.78 is 34.1. The van der Waals surface area contributed by atoms with E-state index in [1.165, 1.54) is 9.87 Å². The highest BCUT2D eigenvalue weighted by atomic mass is 32.2. The SMILES string of the molecule is O=S(=O)(N[C@H]1CCc2ccccc21)N1CCOCC1.